The highest BCUT2D eigenvalue weighted by molar-refractivity contribution is 6.01. The molecule has 19 heteroatoms. The molecule has 5 amide bonds. The molecule has 0 saturated carbocycles. The van der Waals surface area contributed by atoms with Crippen LogP contribution in [0.25, 0.3) is 11.1 Å². The van der Waals surface area contributed by atoms with E-state index in [4.69, 9.17) is 15.6 Å². The van der Waals surface area contributed by atoms with Gasteiger partial charge in [0.25, 0.3) is 11.8 Å². The first-order valence-electron chi connectivity index (χ1n) is 27.6. The summed E-state index contributed by atoms with van der Waals surface area (Å²) in [6, 6.07) is 14.4. The molecule has 2 aromatic carbocycles. The predicted molar refractivity (Wildman–Crippen MR) is 298 cm³/mol. The minimum atomic E-state index is -0.719. The Morgan fingerprint density at radius 1 is 1.01 bits per heavy atom. The van der Waals surface area contributed by atoms with E-state index in [1.807, 2.05) is 64.1 Å². The molecule has 5 heterocycles. The average Bonchev–Trinajstić information content (AvgIpc) is 4.18. The van der Waals surface area contributed by atoms with Gasteiger partial charge in [0.1, 0.15) is 17.7 Å². The summed E-state index contributed by atoms with van der Waals surface area (Å²) in [5.74, 6) is -1.41. The summed E-state index contributed by atoms with van der Waals surface area (Å²) >= 11 is 0. The normalized spacial score (nSPS) is 18.7. The quantitative estimate of drug-likeness (QED) is 0.0392. The zero-order chi connectivity index (χ0) is 55.4. The Morgan fingerprint density at radius 2 is 1.75 bits per heavy atom. The molecule has 3 aliphatic rings. The van der Waals surface area contributed by atoms with Crippen molar-refractivity contribution in [2.45, 2.75) is 149 Å². The summed E-state index contributed by atoms with van der Waals surface area (Å²) in [4.78, 5) is 82.5. The van der Waals surface area contributed by atoms with Crippen LogP contribution in [0.3, 0.4) is 0 Å². The van der Waals surface area contributed by atoms with Crippen LogP contribution in [0.2, 0.25) is 0 Å². The number of aliphatic imine (C=N–C) groups is 1. The minimum absolute atomic E-state index is 0.0496. The molecule has 3 aliphatic heterocycles. The zero-order valence-corrected chi connectivity index (χ0v) is 46.4. The number of fused-ring (bicyclic) bond motifs is 8. The van der Waals surface area contributed by atoms with Crippen LogP contribution in [0, 0.1) is 17.2 Å². The Morgan fingerprint density at radius 3 is 2.47 bits per heavy atom. The summed E-state index contributed by atoms with van der Waals surface area (Å²) in [7, 11) is 4.96. The number of amides is 5. The van der Waals surface area contributed by atoms with Crippen LogP contribution in [0.5, 0.6) is 5.88 Å². The molecule has 0 spiro atoms. The maximum absolute atomic E-state index is 14.8. The van der Waals surface area contributed by atoms with Crippen molar-refractivity contribution < 1.29 is 33.1 Å². The maximum Gasteiger partial charge on any atom is 0.262 e. The fraction of sp³-hybridized carbons (Fsp3) is 0.552. The number of methoxy groups -OCH3 is 1. The van der Waals surface area contributed by atoms with Crippen molar-refractivity contribution in [3.05, 3.63) is 89.0 Å². The lowest BCUT2D eigenvalue weighted by molar-refractivity contribution is -0.142. The molecule has 0 radical (unpaired) electrons. The Kier molecular flexibility index (Phi) is 20.0. The van der Waals surface area contributed by atoms with Gasteiger partial charge in [0.2, 0.25) is 23.6 Å². The molecule has 2 saturated heterocycles. The smallest absolute Gasteiger partial charge is 0.262 e. The Balaban J connectivity index is 0.884. The lowest BCUT2D eigenvalue weighted by Gasteiger charge is -2.33. The van der Waals surface area contributed by atoms with E-state index in [0.717, 1.165) is 69.0 Å². The molecule has 2 aromatic heterocycles. The van der Waals surface area contributed by atoms with Gasteiger partial charge < -0.3 is 46.4 Å². The second kappa shape index (κ2) is 26.6. The van der Waals surface area contributed by atoms with Gasteiger partial charge in [-0.3, -0.25) is 24.0 Å². The van der Waals surface area contributed by atoms with Crippen molar-refractivity contribution in [1.29, 1.82) is 0 Å². The van der Waals surface area contributed by atoms with E-state index in [9.17, 15) is 28.4 Å². The van der Waals surface area contributed by atoms with Gasteiger partial charge >= 0.3 is 0 Å². The number of aromatic nitrogens is 3. The lowest BCUT2D eigenvalue weighted by Crippen LogP contribution is -2.50. The maximum atomic E-state index is 14.8. The molecule has 7 rings (SSSR count). The third-order valence-electron chi connectivity index (χ3n) is 15.3. The monoisotopic (exact) mass is 1060 g/mol. The number of halogens is 1. The van der Waals surface area contributed by atoms with Crippen molar-refractivity contribution in [1.82, 2.24) is 45.8 Å². The standard InChI is InChI=1S/C58H81FN12O6/c1-9-45(38-20-15-14-16-21-38)66-54(74)49-32-41(35-70(49)56(76)44(58(3,4)5)34-65-53(73)37(2)61-6)62-26-18-13-11-10-12-17-23-50(72)63-27-29-71-57(77-8)51-39-30-48(52(60)64-33-39)69-28-19-22-47(69)43-31-40(59)24-25-42(43)55(75)68(7)36-46(51)67-71/h14-16,20-21,24-25,30-31,33-34,37,41,44-45,47,49,61-62H,9-13,17-19,22-23,26-29,32,35-36H2,1-8H3,(H2,60,64)(H,63,72)(H,66,74)/t37-,41-,44?,45+,47-,49-/m1/s1. The third kappa shape index (κ3) is 14.3. The number of likely N-dealkylation sites (tertiary alicyclic amines) is 1. The van der Waals surface area contributed by atoms with Crippen molar-refractivity contribution in [2.24, 2.45) is 16.3 Å². The molecule has 6 N–H and O–H groups in total. The fourth-order valence-corrected chi connectivity index (χ4v) is 10.9. The molecule has 77 heavy (non-hydrogen) atoms. The molecule has 416 valence electrons. The molecule has 2 bridgehead atoms. The SMILES string of the molecule is CC[C@H](NC(=O)[C@H]1C[C@@H](NCCCCCCCCC(=O)NCCn2nc3c(c2OC)-c2cnc(N)c(c2)N2CCC[C@@H]2c2cc(F)ccc2C(=O)N(C)C3)CN1C(=O)C(C=NC(=O)[C@@H](C)NC)C(C)(C)C)c1ccccc1. The second-order valence-electron chi connectivity index (χ2n) is 21.9. The van der Waals surface area contributed by atoms with Crippen LogP contribution in [0.1, 0.15) is 145 Å². The van der Waals surface area contributed by atoms with Crippen LogP contribution in [-0.4, -0.2) is 126 Å². The number of hydrogen-bond donors (Lipinski definition) is 5. The van der Waals surface area contributed by atoms with Crippen molar-refractivity contribution in [2.75, 3.05) is 58.0 Å². The fourth-order valence-electron chi connectivity index (χ4n) is 10.9. The highest BCUT2D eigenvalue weighted by Crippen LogP contribution is 2.44. The topological polar surface area (TPSA) is 222 Å². The molecular weight excluding hydrogens is 980 g/mol. The summed E-state index contributed by atoms with van der Waals surface area (Å²) in [5, 5.41) is 17.7. The van der Waals surface area contributed by atoms with Crippen LogP contribution in [-0.2, 0) is 32.3 Å². The molecule has 6 atom stereocenters. The molecule has 1 unspecified atom stereocenters. The number of nitrogen functional groups attached to an aromatic ring is 1. The third-order valence-corrected chi connectivity index (χ3v) is 15.3. The van der Waals surface area contributed by atoms with Gasteiger partial charge in [-0.1, -0.05) is 83.7 Å². The summed E-state index contributed by atoms with van der Waals surface area (Å²) in [5.41, 5.74) is 10.7. The number of nitrogens with one attached hydrogen (secondary N) is 4. The number of benzene rings is 2. The number of pyridine rings is 1. The largest absolute Gasteiger partial charge is 0.481 e. The second-order valence-corrected chi connectivity index (χ2v) is 21.9. The highest BCUT2D eigenvalue weighted by Gasteiger charge is 2.44. The molecule has 2 fully saturated rings. The van der Waals surface area contributed by atoms with Gasteiger partial charge in [0, 0.05) is 62.7 Å². The Labute approximate surface area is 453 Å². The van der Waals surface area contributed by atoms with Gasteiger partial charge in [-0.25, -0.2) is 19.0 Å². The number of nitrogens with zero attached hydrogens (tertiary/aromatic N) is 7. The summed E-state index contributed by atoms with van der Waals surface area (Å²) < 4.78 is 22.4. The molecular formula is C58H81FN12O6. The molecule has 4 aromatic rings. The summed E-state index contributed by atoms with van der Waals surface area (Å²) in [6.07, 6.45) is 11.8. The number of carbonyl (C=O) groups is 5. The van der Waals surface area contributed by atoms with E-state index >= 15 is 0 Å². The van der Waals surface area contributed by atoms with Gasteiger partial charge in [-0.05, 0) is 99.8 Å². The van der Waals surface area contributed by atoms with E-state index in [2.05, 4.69) is 36.1 Å². The van der Waals surface area contributed by atoms with Crippen molar-refractivity contribution in [3.63, 3.8) is 0 Å². The van der Waals surface area contributed by atoms with Crippen LogP contribution < -0.4 is 36.6 Å². The number of unbranched alkanes of at least 4 members (excludes halogenated alkanes) is 5. The van der Waals surface area contributed by atoms with Crippen LogP contribution in [0.15, 0.2) is 65.8 Å². The average molecular weight is 1060 g/mol. The van der Waals surface area contributed by atoms with E-state index < -0.39 is 29.2 Å². The minimum Gasteiger partial charge on any atom is -0.481 e. The Hall–Kier alpha value is -6.73. The Bertz CT molecular complexity index is 2730. The predicted octanol–water partition coefficient (Wildman–Crippen LogP) is 7.14. The van der Waals surface area contributed by atoms with E-state index in [1.165, 1.54) is 18.3 Å². The number of hydrogen-bond acceptors (Lipinski definition) is 12. The van der Waals surface area contributed by atoms with E-state index in [-0.39, 0.29) is 54.2 Å². The molecule has 0 aliphatic carbocycles. The van der Waals surface area contributed by atoms with Crippen molar-refractivity contribution >= 4 is 47.3 Å². The number of carbonyl (C=O) groups excluding carboxylic acids is 5. The number of anilines is 2. The first kappa shape index (κ1) is 58.0. The van der Waals surface area contributed by atoms with Gasteiger partial charge in [-0.15, -0.1) is 0 Å². The van der Waals surface area contributed by atoms with Gasteiger partial charge in [0.15, 0.2) is 0 Å². The zero-order valence-electron chi connectivity index (χ0n) is 46.4. The first-order chi connectivity index (χ1) is 36.9. The van der Waals surface area contributed by atoms with Gasteiger partial charge in [0.05, 0.1) is 61.2 Å². The van der Waals surface area contributed by atoms with E-state index in [1.54, 1.807) is 54.9 Å². The van der Waals surface area contributed by atoms with E-state index in [0.29, 0.717) is 85.2 Å². The number of likely N-dealkylation sites (N-methyl/N-ethyl adjacent to an activating group) is 1. The number of nitrogens with two attached hydrogens (primary N) is 1. The number of ether oxygens (including phenoxy) is 1. The highest BCUT2D eigenvalue weighted by atomic mass is 19.1. The molecule has 18 nitrogen and oxygen atoms in total. The van der Waals surface area contributed by atoms with Crippen LogP contribution in [0.4, 0.5) is 15.9 Å². The van der Waals surface area contributed by atoms with Crippen molar-refractivity contribution in [3.8, 4) is 17.0 Å². The first-order valence-corrected chi connectivity index (χ1v) is 27.6. The lowest BCUT2D eigenvalue weighted by atomic mass is 9.80. The number of rotatable bonds is 22. The van der Waals surface area contributed by atoms with Crippen LogP contribution >= 0.6 is 0 Å². The van der Waals surface area contributed by atoms with Gasteiger partial charge in [-0.2, -0.15) is 5.10 Å². The summed E-state index contributed by atoms with van der Waals surface area (Å²) in [6.45, 7) is 12.1.